The molecule has 8 heteroatoms. The number of rotatable bonds is 22. The third-order valence-corrected chi connectivity index (χ3v) is 14.4. The van der Waals surface area contributed by atoms with Crippen LogP contribution in [-0.4, -0.2) is 77.4 Å². The van der Waals surface area contributed by atoms with Gasteiger partial charge in [0, 0.05) is 13.2 Å². The third-order valence-electron chi connectivity index (χ3n) is 9.20. The quantitative estimate of drug-likeness (QED) is 0.0796. The van der Waals surface area contributed by atoms with E-state index in [4.69, 9.17) is 28.1 Å². The molecule has 47 heavy (non-hydrogen) atoms. The van der Waals surface area contributed by atoms with E-state index in [9.17, 15) is 5.11 Å². The lowest BCUT2D eigenvalue weighted by Gasteiger charge is -2.45. The molecule has 0 amide bonds. The highest BCUT2D eigenvalue weighted by Crippen LogP contribution is 2.38. The van der Waals surface area contributed by atoms with Crippen LogP contribution in [0.1, 0.15) is 106 Å². The summed E-state index contributed by atoms with van der Waals surface area (Å²) >= 11 is 0. The Morgan fingerprint density at radius 1 is 0.787 bits per heavy atom. The molecule has 1 aliphatic rings. The molecule has 4 atom stereocenters. The van der Waals surface area contributed by atoms with Crippen LogP contribution in [0.4, 0.5) is 0 Å². The molecule has 7 nitrogen and oxygen atoms in total. The van der Waals surface area contributed by atoms with Crippen molar-refractivity contribution in [2.75, 3.05) is 33.7 Å². The van der Waals surface area contributed by atoms with Gasteiger partial charge in [-0.05, 0) is 49.0 Å². The molecule has 1 fully saturated rings. The van der Waals surface area contributed by atoms with Gasteiger partial charge in [0.05, 0.1) is 25.9 Å². The SMILES string of the molecule is COCCOCO[C@H]1[C@H](CCCCCCCCCC[C@H](C)O[Si](c2ccccc2)(c2ccccc2)C(C)(C)C)OC(C)(C)O[C@@H]1CO. The average Bonchev–Trinajstić information content (AvgIpc) is 3.04. The van der Waals surface area contributed by atoms with Gasteiger partial charge in [0.15, 0.2) is 5.79 Å². The molecular weight excluding hydrogens is 609 g/mol. The molecule has 0 unspecified atom stereocenters. The molecule has 1 N–H and O–H groups in total. The first-order valence-corrected chi connectivity index (χ1v) is 19.9. The second-order valence-corrected chi connectivity index (χ2v) is 18.8. The van der Waals surface area contributed by atoms with E-state index < -0.39 is 20.2 Å². The van der Waals surface area contributed by atoms with Gasteiger partial charge in [0.1, 0.15) is 19.0 Å². The summed E-state index contributed by atoms with van der Waals surface area (Å²) in [5, 5.41) is 12.7. The maximum atomic E-state index is 9.96. The molecule has 1 aliphatic heterocycles. The molecular formula is C39H64O7Si. The van der Waals surface area contributed by atoms with Gasteiger partial charge in [-0.15, -0.1) is 0 Å². The van der Waals surface area contributed by atoms with Crippen LogP contribution in [0.5, 0.6) is 0 Å². The smallest absolute Gasteiger partial charge is 0.261 e. The Kier molecular flexibility index (Phi) is 17.1. The van der Waals surface area contributed by atoms with E-state index in [2.05, 4.69) is 88.4 Å². The number of methoxy groups -OCH3 is 1. The summed E-state index contributed by atoms with van der Waals surface area (Å²) in [7, 11) is -0.856. The zero-order chi connectivity index (χ0) is 34.2. The number of hydrogen-bond acceptors (Lipinski definition) is 7. The normalized spacial score (nSPS) is 20.7. The highest BCUT2D eigenvalue weighted by molar-refractivity contribution is 6.99. The zero-order valence-electron chi connectivity index (χ0n) is 30.4. The van der Waals surface area contributed by atoms with Crippen LogP contribution in [0.2, 0.25) is 5.04 Å². The Morgan fingerprint density at radius 3 is 1.85 bits per heavy atom. The van der Waals surface area contributed by atoms with Crippen molar-refractivity contribution in [3.05, 3.63) is 60.7 Å². The fourth-order valence-electron chi connectivity index (χ4n) is 6.93. The second kappa shape index (κ2) is 20.1. The van der Waals surface area contributed by atoms with Crippen molar-refractivity contribution in [2.45, 2.75) is 141 Å². The lowest BCUT2D eigenvalue weighted by Crippen LogP contribution is -2.67. The van der Waals surface area contributed by atoms with Crippen molar-refractivity contribution >= 4 is 18.7 Å². The summed E-state index contributed by atoms with van der Waals surface area (Å²) in [6.07, 6.45) is 10.9. The fraction of sp³-hybridized carbons (Fsp3) is 0.692. The van der Waals surface area contributed by atoms with Crippen molar-refractivity contribution < 1.29 is 33.2 Å². The summed E-state index contributed by atoms with van der Waals surface area (Å²) in [6.45, 7) is 14.1. The third kappa shape index (κ3) is 12.3. The van der Waals surface area contributed by atoms with Crippen LogP contribution in [-0.2, 0) is 28.1 Å². The molecule has 0 saturated carbocycles. The zero-order valence-corrected chi connectivity index (χ0v) is 31.4. The highest BCUT2D eigenvalue weighted by Gasteiger charge is 2.51. The molecule has 3 rings (SSSR count). The van der Waals surface area contributed by atoms with Crippen LogP contribution < -0.4 is 10.4 Å². The highest BCUT2D eigenvalue weighted by atomic mass is 28.4. The summed E-state index contributed by atoms with van der Waals surface area (Å²) in [5.74, 6) is -0.753. The topological polar surface area (TPSA) is 75.6 Å². The van der Waals surface area contributed by atoms with Gasteiger partial charge in [-0.25, -0.2) is 0 Å². The Hall–Kier alpha value is -1.62. The lowest BCUT2D eigenvalue weighted by molar-refractivity contribution is -0.349. The second-order valence-electron chi connectivity index (χ2n) is 14.5. The first-order chi connectivity index (χ1) is 22.5. The molecule has 266 valence electrons. The van der Waals surface area contributed by atoms with Crippen molar-refractivity contribution in [1.29, 1.82) is 0 Å². The lowest BCUT2D eigenvalue weighted by atomic mass is 9.98. The minimum absolute atomic E-state index is 0.00400. The van der Waals surface area contributed by atoms with Gasteiger partial charge in [0.25, 0.3) is 8.32 Å². The van der Waals surface area contributed by atoms with Crippen LogP contribution in [0.15, 0.2) is 60.7 Å². The molecule has 2 aromatic rings. The number of ether oxygens (including phenoxy) is 5. The largest absolute Gasteiger partial charge is 0.405 e. The number of unbranched alkanes of at least 4 members (excludes halogenated alkanes) is 7. The van der Waals surface area contributed by atoms with Crippen LogP contribution >= 0.6 is 0 Å². The first kappa shape index (κ1) is 39.8. The Balaban J connectivity index is 1.38. The van der Waals surface area contributed by atoms with Gasteiger partial charge in [-0.2, -0.15) is 0 Å². The molecule has 0 radical (unpaired) electrons. The van der Waals surface area contributed by atoms with Gasteiger partial charge in [-0.1, -0.05) is 133 Å². The number of aliphatic hydroxyl groups excluding tert-OH is 1. The summed E-state index contributed by atoms with van der Waals surface area (Å²) in [6, 6.07) is 21.9. The monoisotopic (exact) mass is 672 g/mol. The van der Waals surface area contributed by atoms with Crippen LogP contribution in [0, 0.1) is 0 Å². The minimum atomic E-state index is -2.50. The van der Waals surface area contributed by atoms with E-state index in [-0.39, 0.29) is 36.7 Å². The van der Waals surface area contributed by atoms with E-state index in [0.717, 1.165) is 25.7 Å². The van der Waals surface area contributed by atoms with Crippen molar-refractivity contribution in [3.8, 4) is 0 Å². The molecule has 2 aromatic carbocycles. The van der Waals surface area contributed by atoms with Gasteiger partial charge >= 0.3 is 0 Å². The average molecular weight is 673 g/mol. The van der Waals surface area contributed by atoms with E-state index in [1.54, 1.807) is 7.11 Å². The van der Waals surface area contributed by atoms with E-state index in [0.29, 0.717) is 13.2 Å². The van der Waals surface area contributed by atoms with E-state index in [1.165, 1.54) is 48.9 Å². The molecule has 0 bridgehead atoms. The Morgan fingerprint density at radius 2 is 1.32 bits per heavy atom. The molecule has 0 spiro atoms. The predicted octanol–water partition coefficient (Wildman–Crippen LogP) is 7.37. The summed E-state index contributed by atoms with van der Waals surface area (Å²) in [4.78, 5) is 0. The number of aliphatic hydroxyl groups is 1. The van der Waals surface area contributed by atoms with Gasteiger partial charge in [0.2, 0.25) is 0 Å². The number of benzene rings is 2. The standard InChI is InChI=1S/C39H64O7Si/c1-32(46-47(38(2,3)4,33-23-17-14-18-24-33)34-25-19-15-20-26-34)22-16-12-10-8-9-11-13-21-27-35-37(43-31-42-29-28-41-7)36(30-40)45-39(5,6)44-35/h14-15,17-20,23-26,32,35-37,40H,8-13,16,21-22,27-31H2,1-7H3/t32-,35-,36+,37-/m0/s1. The maximum absolute atomic E-state index is 9.96. The van der Waals surface area contributed by atoms with E-state index >= 15 is 0 Å². The van der Waals surface area contributed by atoms with Crippen LogP contribution in [0.3, 0.4) is 0 Å². The first-order valence-electron chi connectivity index (χ1n) is 18.0. The van der Waals surface area contributed by atoms with E-state index in [1.807, 2.05) is 13.8 Å². The van der Waals surface area contributed by atoms with Gasteiger partial charge in [-0.3, -0.25) is 0 Å². The fourth-order valence-corrected chi connectivity index (χ4v) is 11.7. The maximum Gasteiger partial charge on any atom is 0.261 e. The number of hydrogen-bond donors (Lipinski definition) is 1. The molecule has 1 saturated heterocycles. The minimum Gasteiger partial charge on any atom is -0.405 e. The summed E-state index contributed by atoms with van der Waals surface area (Å²) in [5.41, 5.74) is 0. The molecule has 0 aromatic heterocycles. The van der Waals surface area contributed by atoms with Crippen molar-refractivity contribution in [1.82, 2.24) is 0 Å². The molecule has 1 heterocycles. The van der Waals surface area contributed by atoms with Crippen LogP contribution in [0.25, 0.3) is 0 Å². The Labute approximate surface area is 286 Å². The van der Waals surface area contributed by atoms with Crippen molar-refractivity contribution in [2.24, 2.45) is 0 Å². The molecule has 0 aliphatic carbocycles. The summed E-state index contributed by atoms with van der Waals surface area (Å²) < 4.78 is 36.0. The van der Waals surface area contributed by atoms with Gasteiger partial charge < -0.3 is 33.2 Å². The van der Waals surface area contributed by atoms with Crippen molar-refractivity contribution in [3.63, 3.8) is 0 Å². The Bertz CT molecular complexity index is 1050. The predicted molar refractivity (Wildman–Crippen MR) is 193 cm³/mol.